The van der Waals surface area contributed by atoms with Gasteiger partial charge in [0.25, 0.3) is 0 Å². The highest BCUT2D eigenvalue weighted by atomic mass is 16.2. The van der Waals surface area contributed by atoms with Crippen LogP contribution in [0.4, 0.5) is 0 Å². The van der Waals surface area contributed by atoms with Crippen molar-refractivity contribution in [2.24, 2.45) is 11.1 Å². The number of nitrogens with two attached hydrogens (primary N) is 1. The Morgan fingerprint density at radius 1 is 0.694 bits per heavy atom. The average Bonchev–Trinajstić information content (AvgIpc) is 3.97. The van der Waals surface area contributed by atoms with Crippen molar-refractivity contribution in [3.63, 3.8) is 0 Å². The topological polar surface area (TPSA) is 265 Å². The van der Waals surface area contributed by atoms with E-state index in [0.29, 0.717) is 12.8 Å². The lowest BCUT2D eigenvalue weighted by Crippen LogP contribution is -2.59. The number of likely N-dealkylation sites (tertiary alicyclic amines) is 2. The molecule has 72 heavy (non-hydrogen) atoms. The first kappa shape index (κ1) is 55.4. The summed E-state index contributed by atoms with van der Waals surface area (Å²) in [4.78, 5) is 112. The molecule has 2 fully saturated rings. The summed E-state index contributed by atoms with van der Waals surface area (Å²) in [6, 6.07) is 10.5. The van der Waals surface area contributed by atoms with Crippen molar-refractivity contribution < 1.29 is 38.4 Å². The summed E-state index contributed by atoms with van der Waals surface area (Å²) >= 11 is 0. The van der Waals surface area contributed by atoms with Crippen molar-refractivity contribution in [2.75, 3.05) is 40.3 Å². The Labute approximate surface area is 424 Å². The van der Waals surface area contributed by atoms with Gasteiger partial charge in [-0.25, -0.2) is 0 Å². The van der Waals surface area contributed by atoms with Crippen LogP contribution in [0.25, 0.3) is 0 Å². The molecule has 9 atom stereocenters. The van der Waals surface area contributed by atoms with Gasteiger partial charge in [0.1, 0.15) is 24.2 Å². The lowest BCUT2D eigenvalue weighted by atomic mass is 9.85. The molecule has 0 radical (unpaired) electrons. The van der Waals surface area contributed by atoms with Crippen LogP contribution in [0.15, 0.2) is 48.5 Å². The number of hydrogen-bond donors (Lipinski definition) is 9. The zero-order valence-corrected chi connectivity index (χ0v) is 43.1. The van der Waals surface area contributed by atoms with E-state index in [1.807, 2.05) is 57.2 Å². The lowest BCUT2D eigenvalue weighted by Gasteiger charge is -2.36. The van der Waals surface area contributed by atoms with Crippen LogP contribution in [0.3, 0.4) is 0 Å². The highest BCUT2D eigenvalue weighted by Gasteiger charge is 2.46. The summed E-state index contributed by atoms with van der Waals surface area (Å²) in [5.41, 5.74) is 10.1. The molecule has 10 N–H and O–H groups in total. The number of benzene rings is 2. The Bertz CT molecular complexity index is 2270. The first-order valence-corrected chi connectivity index (χ1v) is 26.0. The molecule has 19 heteroatoms. The van der Waals surface area contributed by atoms with E-state index in [1.165, 1.54) is 20.9 Å². The van der Waals surface area contributed by atoms with Crippen LogP contribution < -0.4 is 48.3 Å². The molecule has 0 saturated carbocycles. The molecule has 2 aliphatic heterocycles. The third-order valence-corrected chi connectivity index (χ3v) is 14.5. The van der Waals surface area contributed by atoms with Crippen molar-refractivity contribution in [1.29, 1.82) is 0 Å². The minimum absolute atomic E-state index is 0.0181. The molecule has 6 rings (SSSR count). The first-order chi connectivity index (χ1) is 34.4. The van der Waals surface area contributed by atoms with E-state index in [4.69, 9.17) is 5.73 Å². The Morgan fingerprint density at radius 3 is 1.85 bits per heavy atom. The number of rotatable bonds is 21. The third-order valence-electron chi connectivity index (χ3n) is 14.5. The highest BCUT2D eigenvalue weighted by molar-refractivity contribution is 5.95. The minimum Gasteiger partial charge on any atom is -0.356 e. The van der Waals surface area contributed by atoms with Crippen LogP contribution in [0, 0.1) is 5.41 Å². The zero-order chi connectivity index (χ0) is 52.1. The molecule has 0 bridgehead atoms. The molecular formula is C53H79N11O8. The maximum absolute atomic E-state index is 14.5. The molecule has 19 nitrogen and oxygen atoms in total. The van der Waals surface area contributed by atoms with Gasteiger partial charge in [-0.2, -0.15) is 0 Å². The van der Waals surface area contributed by atoms with Gasteiger partial charge in [-0.1, -0.05) is 69.3 Å². The highest BCUT2D eigenvalue weighted by Crippen LogP contribution is 2.33. The number of amides is 8. The molecule has 2 aromatic carbocycles. The predicted octanol–water partition coefficient (Wildman–Crippen LogP) is 1.30. The Balaban J connectivity index is 1.01. The Hall–Kier alpha value is -5.92. The van der Waals surface area contributed by atoms with Gasteiger partial charge in [-0.05, 0) is 119 Å². The summed E-state index contributed by atoms with van der Waals surface area (Å²) in [6.45, 7) is 7.65. The van der Waals surface area contributed by atoms with Crippen LogP contribution in [-0.2, 0) is 51.2 Å². The fourth-order valence-electron chi connectivity index (χ4n) is 10.5. The molecule has 0 spiro atoms. The maximum atomic E-state index is 14.5. The number of nitrogens with one attached hydrogen (secondary N) is 8. The number of fused-ring (bicyclic) bond motifs is 2. The molecule has 2 saturated heterocycles. The number of likely N-dealkylation sites (N-methyl/N-ethyl adjacent to an activating group) is 2. The van der Waals surface area contributed by atoms with Crippen molar-refractivity contribution in [1.82, 2.24) is 52.3 Å². The molecule has 1 unspecified atom stereocenters. The monoisotopic (exact) mass is 998 g/mol. The smallest absolute Gasteiger partial charge is 0.246 e. The van der Waals surface area contributed by atoms with Gasteiger partial charge < -0.3 is 58.1 Å². The average molecular weight is 998 g/mol. The molecule has 394 valence electrons. The van der Waals surface area contributed by atoms with Crippen molar-refractivity contribution in [2.45, 2.75) is 166 Å². The van der Waals surface area contributed by atoms with E-state index in [2.05, 4.69) is 54.7 Å². The molecule has 8 amide bonds. The second-order valence-electron chi connectivity index (χ2n) is 21.1. The van der Waals surface area contributed by atoms with E-state index in [0.717, 1.165) is 49.7 Å². The molecule has 0 aromatic heterocycles. The first-order valence-electron chi connectivity index (χ1n) is 26.0. The van der Waals surface area contributed by atoms with E-state index >= 15 is 0 Å². The number of nitrogens with zero attached hydrogens (tertiary/aromatic N) is 2. The molecule has 2 aliphatic carbocycles. The Kier molecular flexibility index (Phi) is 19.7. The van der Waals surface area contributed by atoms with Crippen molar-refractivity contribution in [3.8, 4) is 0 Å². The molecule has 2 heterocycles. The fraction of sp³-hybridized carbons (Fsp3) is 0.623. The van der Waals surface area contributed by atoms with E-state index < -0.39 is 59.5 Å². The van der Waals surface area contributed by atoms with Gasteiger partial charge >= 0.3 is 0 Å². The SMILES string of the molecule is CNCC(=O)N[C@@H](CCCNC(=O)CCCC(=O)N[C@H]1C[C@@H](C(=O)NC2CCCc3ccccc32)N(C(=O)[C@@H](NC(=O)[C@H](C)NC)C(C)(C)C)C1)C(=O)N1C[C@@H](N)C[C@H]1C(=O)N[C@@H]1CCCc2ccccc21. The number of aryl methyl sites for hydroxylation is 2. The number of hydrogen-bond acceptors (Lipinski definition) is 11. The van der Waals surface area contributed by atoms with E-state index in [9.17, 15) is 38.4 Å². The Morgan fingerprint density at radius 2 is 1.26 bits per heavy atom. The lowest BCUT2D eigenvalue weighted by molar-refractivity contribution is -0.144. The van der Waals surface area contributed by atoms with Crippen LogP contribution >= 0.6 is 0 Å². The normalized spacial score (nSPS) is 22.8. The maximum Gasteiger partial charge on any atom is 0.246 e. The molecule has 4 aliphatic rings. The van der Waals surface area contributed by atoms with Crippen molar-refractivity contribution in [3.05, 3.63) is 70.8 Å². The second kappa shape index (κ2) is 25.6. The quantitative estimate of drug-likeness (QED) is 0.0806. The second-order valence-corrected chi connectivity index (χ2v) is 21.1. The summed E-state index contributed by atoms with van der Waals surface area (Å²) < 4.78 is 0. The number of carbonyl (C=O) groups excluding carboxylic acids is 8. The van der Waals surface area contributed by atoms with Gasteiger partial charge in [-0.3, -0.25) is 38.4 Å². The van der Waals surface area contributed by atoms with Crippen LogP contribution in [0.1, 0.15) is 133 Å². The minimum atomic E-state index is -0.959. The largest absolute Gasteiger partial charge is 0.356 e. The van der Waals surface area contributed by atoms with Crippen LogP contribution in [0.2, 0.25) is 0 Å². The number of carbonyl (C=O) groups is 8. The molecular weight excluding hydrogens is 919 g/mol. The predicted molar refractivity (Wildman–Crippen MR) is 273 cm³/mol. The molecule has 2 aromatic rings. The standard InChI is InChI=1S/C53H79N11O8/c1-32(56-6)48(68)62-47(53(2,3)4)52(72)64-31-36(28-43(64)50(70)61-40-22-12-18-34-16-8-10-20-38(34)40)58-45(66)25-13-24-44(65)57-26-14-23-41(59-46(67)29-55-5)51(71)63-30-35(54)27-42(63)49(69)60-39-21-11-17-33-15-7-9-19-37(33)39/h7-10,15-16,19-20,32,35-36,39-43,47,55-56H,11-14,17-18,21-31,54H2,1-6H3,(H,57,65)(H,58,66)(H,59,67)(H,60,69)(H,61,70)(H,62,68)/t32-,35-,36-,39+,40?,41-,42-,43-,47+/m0/s1. The van der Waals surface area contributed by atoms with Crippen LogP contribution in [0.5, 0.6) is 0 Å². The summed E-state index contributed by atoms with van der Waals surface area (Å²) in [5, 5.41) is 23.6. The van der Waals surface area contributed by atoms with Gasteiger partial charge in [-0.15, -0.1) is 0 Å². The van der Waals surface area contributed by atoms with E-state index in [1.54, 1.807) is 21.0 Å². The van der Waals surface area contributed by atoms with Gasteiger partial charge in [0.05, 0.1) is 24.7 Å². The third kappa shape index (κ3) is 14.6. The van der Waals surface area contributed by atoms with Crippen LogP contribution in [-0.4, -0.2) is 140 Å². The van der Waals surface area contributed by atoms with Gasteiger partial charge in [0.2, 0.25) is 47.3 Å². The van der Waals surface area contributed by atoms with E-state index in [-0.39, 0.29) is 106 Å². The van der Waals surface area contributed by atoms with Crippen molar-refractivity contribution >= 4 is 47.3 Å². The summed E-state index contributed by atoms with van der Waals surface area (Å²) in [7, 11) is 3.28. The summed E-state index contributed by atoms with van der Waals surface area (Å²) in [6.07, 6.45) is 6.53. The fourth-order valence-corrected chi connectivity index (χ4v) is 10.5. The summed E-state index contributed by atoms with van der Waals surface area (Å²) in [5.74, 6) is -2.80. The zero-order valence-electron chi connectivity index (χ0n) is 43.1. The van der Waals surface area contributed by atoms with Gasteiger partial charge in [0.15, 0.2) is 0 Å². The van der Waals surface area contributed by atoms with Gasteiger partial charge in [0, 0.05) is 44.6 Å².